The van der Waals surface area contributed by atoms with E-state index < -0.39 is 0 Å². The fourth-order valence-corrected chi connectivity index (χ4v) is 1.29. The van der Waals surface area contributed by atoms with Crippen LogP contribution in [-0.4, -0.2) is 11.2 Å². The maximum Gasteiger partial charge on any atom is 0.0601 e. The van der Waals surface area contributed by atoms with E-state index in [0.29, 0.717) is 11.8 Å². The molecule has 1 N–H and O–H groups in total. The Labute approximate surface area is 50.7 Å². The van der Waals surface area contributed by atoms with Crippen molar-refractivity contribution >= 4 is 0 Å². The van der Waals surface area contributed by atoms with Gasteiger partial charge in [0.25, 0.3) is 0 Å². The average molecular weight is 114 g/mol. The maximum absolute atomic E-state index is 9.03. The highest BCUT2D eigenvalue weighted by molar-refractivity contribution is 4.93. The Balaban J connectivity index is 2.13. The lowest BCUT2D eigenvalue weighted by Crippen LogP contribution is -1.82. The van der Waals surface area contributed by atoms with Crippen LogP contribution in [0.25, 0.3) is 0 Å². The minimum Gasteiger partial charge on any atom is -0.393 e. The first-order valence-electron chi connectivity index (χ1n) is 3.45. The summed E-state index contributed by atoms with van der Waals surface area (Å²) in [4.78, 5) is 0. The van der Waals surface area contributed by atoms with Crippen molar-refractivity contribution in [2.45, 2.75) is 32.8 Å². The molecule has 1 aliphatic rings. The zero-order valence-electron chi connectivity index (χ0n) is 5.59. The van der Waals surface area contributed by atoms with Crippen LogP contribution in [-0.2, 0) is 0 Å². The third-order valence-corrected chi connectivity index (χ3v) is 2.13. The van der Waals surface area contributed by atoms with Crippen LogP contribution in [0.2, 0.25) is 0 Å². The molecule has 3 unspecified atom stereocenters. The third kappa shape index (κ3) is 0.873. The summed E-state index contributed by atoms with van der Waals surface area (Å²) in [6, 6.07) is 0. The van der Waals surface area contributed by atoms with Gasteiger partial charge in [-0.2, -0.15) is 0 Å². The van der Waals surface area contributed by atoms with E-state index in [4.69, 9.17) is 5.11 Å². The lowest BCUT2D eigenvalue weighted by atomic mass is 10.2. The van der Waals surface area contributed by atoms with Gasteiger partial charge in [-0.1, -0.05) is 20.3 Å². The fraction of sp³-hybridized carbons (Fsp3) is 1.00. The summed E-state index contributed by atoms with van der Waals surface area (Å²) < 4.78 is 0. The Morgan fingerprint density at radius 2 is 2.00 bits per heavy atom. The molecule has 0 spiro atoms. The smallest absolute Gasteiger partial charge is 0.0601 e. The zero-order valence-corrected chi connectivity index (χ0v) is 5.59. The van der Waals surface area contributed by atoms with Crippen molar-refractivity contribution in [3.63, 3.8) is 0 Å². The summed E-state index contributed by atoms with van der Waals surface area (Å²) >= 11 is 0. The summed E-state index contributed by atoms with van der Waals surface area (Å²) in [5.41, 5.74) is 0. The molecule has 1 fully saturated rings. The van der Waals surface area contributed by atoms with Gasteiger partial charge in [0, 0.05) is 0 Å². The Morgan fingerprint density at radius 3 is 2.12 bits per heavy atom. The molecule has 0 amide bonds. The van der Waals surface area contributed by atoms with Gasteiger partial charge in [-0.3, -0.25) is 0 Å². The van der Waals surface area contributed by atoms with E-state index in [0.717, 1.165) is 0 Å². The molecule has 0 aromatic rings. The molecule has 0 radical (unpaired) electrons. The minimum atomic E-state index is 0.0370. The number of aliphatic hydroxyl groups is 1. The second kappa shape index (κ2) is 2.06. The van der Waals surface area contributed by atoms with Crippen LogP contribution >= 0.6 is 0 Å². The summed E-state index contributed by atoms with van der Waals surface area (Å²) in [7, 11) is 0. The SMILES string of the molecule is CCCC1C(C)C1O. The van der Waals surface area contributed by atoms with Crippen LogP contribution in [0.15, 0.2) is 0 Å². The predicted octanol–water partition coefficient (Wildman–Crippen LogP) is 1.41. The fourth-order valence-electron chi connectivity index (χ4n) is 1.29. The monoisotopic (exact) mass is 114 g/mol. The molecule has 0 saturated heterocycles. The average Bonchev–Trinajstić information content (AvgIpc) is 2.25. The van der Waals surface area contributed by atoms with Gasteiger partial charge in [0.15, 0.2) is 0 Å². The summed E-state index contributed by atoms with van der Waals surface area (Å²) in [6.45, 7) is 4.28. The maximum atomic E-state index is 9.03. The first kappa shape index (κ1) is 6.09. The summed E-state index contributed by atoms with van der Waals surface area (Å²) in [5.74, 6) is 1.23. The Morgan fingerprint density at radius 1 is 1.50 bits per heavy atom. The zero-order chi connectivity index (χ0) is 6.15. The van der Waals surface area contributed by atoms with Crippen molar-refractivity contribution in [3.8, 4) is 0 Å². The Bertz CT molecular complexity index is 72.5. The van der Waals surface area contributed by atoms with E-state index in [-0.39, 0.29) is 6.10 Å². The van der Waals surface area contributed by atoms with E-state index in [9.17, 15) is 0 Å². The van der Waals surface area contributed by atoms with Crippen molar-refractivity contribution in [1.82, 2.24) is 0 Å². The van der Waals surface area contributed by atoms with Gasteiger partial charge >= 0.3 is 0 Å². The summed E-state index contributed by atoms with van der Waals surface area (Å²) in [5, 5.41) is 9.03. The Hall–Kier alpha value is -0.0400. The number of hydrogen-bond acceptors (Lipinski definition) is 1. The molecule has 0 aromatic heterocycles. The van der Waals surface area contributed by atoms with Gasteiger partial charge in [0.05, 0.1) is 6.10 Å². The second-order valence-corrected chi connectivity index (χ2v) is 2.80. The van der Waals surface area contributed by atoms with Gasteiger partial charge in [0.1, 0.15) is 0 Å². The van der Waals surface area contributed by atoms with Crippen LogP contribution in [0.3, 0.4) is 0 Å². The summed E-state index contributed by atoms with van der Waals surface area (Å²) in [6.07, 6.45) is 2.46. The molecule has 0 heterocycles. The highest BCUT2D eigenvalue weighted by Gasteiger charge is 2.43. The third-order valence-electron chi connectivity index (χ3n) is 2.13. The van der Waals surface area contributed by atoms with Crippen molar-refractivity contribution in [1.29, 1.82) is 0 Å². The first-order chi connectivity index (χ1) is 3.77. The Kier molecular flexibility index (Phi) is 1.57. The van der Waals surface area contributed by atoms with Crippen molar-refractivity contribution < 1.29 is 5.11 Å². The molecule has 1 saturated carbocycles. The van der Waals surface area contributed by atoms with E-state index in [2.05, 4.69) is 13.8 Å². The van der Waals surface area contributed by atoms with Gasteiger partial charge in [-0.05, 0) is 18.3 Å². The second-order valence-electron chi connectivity index (χ2n) is 2.80. The van der Waals surface area contributed by atoms with Crippen molar-refractivity contribution in [2.75, 3.05) is 0 Å². The van der Waals surface area contributed by atoms with E-state index in [1.165, 1.54) is 12.8 Å². The molecule has 48 valence electrons. The minimum absolute atomic E-state index is 0.0370. The van der Waals surface area contributed by atoms with E-state index >= 15 is 0 Å². The van der Waals surface area contributed by atoms with Crippen LogP contribution in [0.1, 0.15) is 26.7 Å². The topological polar surface area (TPSA) is 20.2 Å². The predicted molar refractivity (Wildman–Crippen MR) is 33.6 cm³/mol. The molecule has 1 heteroatoms. The quantitative estimate of drug-likeness (QED) is 0.575. The van der Waals surface area contributed by atoms with Crippen molar-refractivity contribution in [3.05, 3.63) is 0 Å². The molecule has 0 aromatic carbocycles. The molecule has 3 atom stereocenters. The van der Waals surface area contributed by atoms with Gasteiger partial charge in [0.2, 0.25) is 0 Å². The number of rotatable bonds is 2. The molecule has 1 aliphatic carbocycles. The van der Waals surface area contributed by atoms with Crippen molar-refractivity contribution in [2.24, 2.45) is 11.8 Å². The highest BCUT2D eigenvalue weighted by Crippen LogP contribution is 2.41. The lowest BCUT2D eigenvalue weighted by Gasteiger charge is -1.87. The van der Waals surface area contributed by atoms with Crippen LogP contribution in [0, 0.1) is 11.8 Å². The van der Waals surface area contributed by atoms with Gasteiger partial charge in [-0.25, -0.2) is 0 Å². The van der Waals surface area contributed by atoms with Crippen LogP contribution in [0.4, 0.5) is 0 Å². The first-order valence-corrected chi connectivity index (χ1v) is 3.45. The highest BCUT2D eigenvalue weighted by atomic mass is 16.3. The molecular formula is C7H14O. The molecule has 0 bridgehead atoms. The van der Waals surface area contributed by atoms with E-state index in [1.807, 2.05) is 0 Å². The lowest BCUT2D eigenvalue weighted by molar-refractivity contribution is 0.247. The molecule has 0 aliphatic heterocycles. The van der Waals surface area contributed by atoms with Gasteiger partial charge in [-0.15, -0.1) is 0 Å². The van der Waals surface area contributed by atoms with Crippen LogP contribution in [0.5, 0.6) is 0 Å². The number of aliphatic hydroxyl groups excluding tert-OH is 1. The standard InChI is InChI=1S/C7H14O/c1-3-4-6-5(2)7(6)8/h5-8H,3-4H2,1-2H3. The van der Waals surface area contributed by atoms with E-state index in [1.54, 1.807) is 0 Å². The normalized spacial score (nSPS) is 44.6. The number of hydrogen-bond donors (Lipinski definition) is 1. The molecule has 8 heavy (non-hydrogen) atoms. The molecule has 1 rings (SSSR count). The molecule has 1 nitrogen and oxygen atoms in total. The van der Waals surface area contributed by atoms with Gasteiger partial charge < -0.3 is 5.11 Å². The largest absolute Gasteiger partial charge is 0.393 e. The van der Waals surface area contributed by atoms with Crippen LogP contribution < -0.4 is 0 Å². The molecular weight excluding hydrogens is 100 g/mol.